The molecule has 0 heterocycles. The van der Waals surface area contributed by atoms with Gasteiger partial charge in [-0.15, -0.1) is 5.92 Å². The molecule has 0 unspecified atom stereocenters. The second-order valence-corrected chi connectivity index (χ2v) is 3.87. The summed E-state index contributed by atoms with van der Waals surface area (Å²) in [5.74, 6) is 5.62. The largest absolute Gasteiger partial charge is 0.374 e. The van der Waals surface area contributed by atoms with E-state index in [1.807, 2.05) is 22.6 Å². The predicted molar refractivity (Wildman–Crippen MR) is 67.8 cm³/mol. The van der Waals surface area contributed by atoms with Crippen LogP contribution in [0.4, 0.5) is 11.4 Å². The van der Waals surface area contributed by atoms with Gasteiger partial charge in [-0.2, -0.15) is 0 Å². The highest BCUT2D eigenvalue weighted by Gasteiger charge is 2.10. The van der Waals surface area contributed by atoms with Gasteiger partial charge in [-0.3, -0.25) is 10.1 Å². The Morgan fingerprint density at radius 1 is 1.60 bits per heavy atom. The Kier molecular flexibility index (Phi) is 4.37. The molecule has 5 heteroatoms. The lowest BCUT2D eigenvalue weighted by Gasteiger charge is -2.02. The van der Waals surface area contributed by atoms with E-state index in [0.29, 0.717) is 10.1 Å². The first kappa shape index (κ1) is 11.8. The fraction of sp³-hybridized carbons (Fsp3) is 0.200. The molecule has 0 amide bonds. The Balaban J connectivity index is 2.80. The summed E-state index contributed by atoms with van der Waals surface area (Å²) >= 11 is 1.94. The Hall–Kier alpha value is -1.29. The molecule has 0 saturated heterocycles. The van der Waals surface area contributed by atoms with E-state index in [1.165, 1.54) is 6.07 Å². The van der Waals surface area contributed by atoms with E-state index in [0.717, 1.165) is 5.69 Å². The van der Waals surface area contributed by atoms with Gasteiger partial charge < -0.3 is 5.32 Å². The van der Waals surface area contributed by atoms with Gasteiger partial charge in [0, 0.05) is 11.8 Å². The van der Waals surface area contributed by atoms with E-state index in [1.54, 1.807) is 19.1 Å². The summed E-state index contributed by atoms with van der Waals surface area (Å²) in [6.45, 7) is 2.31. The standard InChI is InChI=1S/C10H9IN2O2/c1-2-3-6-12-8-4-5-10(13(14)15)9(11)7-8/h4-5,7,12H,6H2,1H3. The molecule has 0 aliphatic rings. The van der Waals surface area contributed by atoms with Gasteiger partial charge in [0.25, 0.3) is 5.69 Å². The van der Waals surface area contributed by atoms with E-state index >= 15 is 0 Å². The van der Waals surface area contributed by atoms with Crippen molar-refractivity contribution in [2.24, 2.45) is 0 Å². The molecule has 0 bridgehead atoms. The fourth-order valence-electron chi connectivity index (χ4n) is 1.000. The lowest BCUT2D eigenvalue weighted by Crippen LogP contribution is -1.99. The molecule has 1 aromatic carbocycles. The summed E-state index contributed by atoms with van der Waals surface area (Å²) in [5, 5.41) is 13.6. The maximum atomic E-state index is 10.6. The fourth-order valence-corrected chi connectivity index (χ4v) is 1.71. The summed E-state index contributed by atoms with van der Waals surface area (Å²) in [6, 6.07) is 4.90. The van der Waals surface area contributed by atoms with Gasteiger partial charge in [0.05, 0.1) is 15.0 Å². The second kappa shape index (κ2) is 5.56. The van der Waals surface area contributed by atoms with Crippen molar-refractivity contribution in [3.05, 3.63) is 31.9 Å². The predicted octanol–water partition coefficient (Wildman–Crippen LogP) is 2.63. The van der Waals surface area contributed by atoms with Gasteiger partial charge >= 0.3 is 0 Å². The van der Waals surface area contributed by atoms with Gasteiger partial charge in [0.2, 0.25) is 0 Å². The maximum Gasteiger partial charge on any atom is 0.282 e. The zero-order valence-electron chi connectivity index (χ0n) is 8.08. The molecule has 0 aromatic heterocycles. The Bertz CT molecular complexity index is 435. The van der Waals surface area contributed by atoms with Crippen molar-refractivity contribution in [1.82, 2.24) is 0 Å². The first-order chi connectivity index (χ1) is 7.15. The average Bonchev–Trinajstić information content (AvgIpc) is 2.17. The summed E-state index contributed by atoms with van der Waals surface area (Å²) in [5.41, 5.74) is 0.968. The topological polar surface area (TPSA) is 55.2 Å². The summed E-state index contributed by atoms with van der Waals surface area (Å²) < 4.78 is 0.618. The van der Waals surface area contributed by atoms with Crippen LogP contribution in [-0.4, -0.2) is 11.5 Å². The molecule has 0 aliphatic heterocycles. The maximum absolute atomic E-state index is 10.6. The van der Waals surface area contributed by atoms with Crippen LogP contribution >= 0.6 is 22.6 Å². The van der Waals surface area contributed by atoms with Crippen LogP contribution in [0.2, 0.25) is 0 Å². The number of benzene rings is 1. The molecule has 0 spiro atoms. The zero-order valence-corrected chi connectivity index (χ0v) is 10.2. The van der Waals surface area contributed by atoms with Crippen LogP contribution in [0, 0.1) is 25.5 Å². The molecule has 1 rings (SSSR count). The van der Waals surface area contributed by atoms with Crippen LogP contribution in [0.3, 0.4) is 0 Å². The number of hydrogen-bond acceptors (Lipinski definition) is 3. The van der Waals surface area contributed by atoms with Crippen LogP contribution < -0.4 is 5.32 Å². The number of anilines is 1. The highest BCUT2D eigenvalue weighted by Crippen LogP contribution is 2.23. The summed E-state index contributed by atoms with van der Waals surface area (Å²) in [7, 11) is 0. The van der Waals surface area contributed by atoms with Crippen LogP contribution in [0.5, 0.6) is 0 Å². The van der Waals surface area contributed by atoms with Crippen molar-refractivity contribution in [3.63, 3.8) is 0 Å². The molecular weight excluding hydrogens is 307 g/mol. The van der Waals surface area contributed by atoms with Gasteiger partial charge in [-0.1, -0.05) is 5.92 Å². The molecule has 1 N–H and O–H groups in total. The molecule has 0 saturated carbocycles. The minimum absolute atomic E-state index is 0.128. The van der Waals surface area contributed by atoms with Crippen molar-refractivity contribution in [3.8, 4) is 11.8 Å². The molecular formula is C10H9IN2O2. The normalized spacial score (nSPS) is 8.93. The average molecular weight is 316 g/mol. The van der Waals surface area contributed by atoms with Crippen molar-refractivity contribution < 1.29 is 4.92 Å². The number of rotatable bonds is 3. The highest BCUT2D eigenvalue weighted by atomic mass is 127. The third-order valence-electron chi connectivity index (χ3n) is 1.70. The smallest absolute Gasteiger partial charge is 0.282 e. The van der Waals surface area contributed by atoms with Crippen LogP contribution in [-0.2, 0) is 0 Å². The number of nitrogens with zero attached hydrogens (tertiary/aromatic N) is 1. The lowest BCUT2D eigenvalue weighted by molar-refractivity contribution is -0.385. The van der Waals surface area contributed by atoms with E-state index in [4.69, 9.17) is 0 Å². The highest BCUT2D eigenvalue weighted by molar-refractivity contribution is 14.1. The van der Waals surface area contributed by atoms with Crippen molar-refractivity contribution in [1.29, 1.82) is 0 Å². The third-order valence-corrected chi connectivity index (χ3v) is 2.57. The molecule has 1 aromatic rings. The zero-order chi connectivity index (χ0) is 11.3. The Morgan fingerprint density at radius 3 is 2.87 bits per heavy atom. The molecule has 0 fully saturated rings. The van der Waals surface area contributed by atoms with Gasteiger partial charge in [0.1, 0.15) is 0 Å². The van der Waals surface area contributed by atoms with E-state index in [9.17, 15) is 10.1 Å². The van der Waals surface area contributed by atoms with Gasteiger partial charge in [-0.25, -0.2) is 0 Å². The number of nitro groups is 1. The molecule has 4 nitrogen and oxygen atoms in total. The van der Waals surface area contributed by atoms with Crippen molar-refractivity contribution in [2.45, 2.75) is 6.92 Å². The summed E-state index contributed by atoms with van der Waals surface area (Å²) in [6.07, 6.45) is 0. The Morgan fingerprint density at radius 2 is 2.33 bits per heavy atom. The first-order valence-electron chi connectivity index (χ1n) is 4.22. The Labute approximate surface area is 101 Å². The number of nitro benzene ring substituents is 1. The SMILES string of the molecule is CC#CCNc1ccc([N+](=O)[O-])c(I)c1. The molecule has 15 heavy (non-hydrogen) atoms. The van der Waals surface area contributed by atoms with Crippen LogP contribution in [0.15, 0.2) is 18.2 Å². The lowest BCUT2D eigenvalue weighted by atomic mass is 10.3. The van der Waals surface area contributed by atoms with E-state index in [-0.39, 0.29) is 5.69 Å². The third kappa shape index (κ3) is 3.40. The van der Waals surface area contributed by atoms with Crippen molar-refractivity contribution >= 4 is 34.0 Å². The second-order valence-electron chi connectivity index (χ2n) is 2.70. The van der Waals surface area contributed by atoms with Gasteiger partial charge in [-0.05, 0) is 41.6 Å². The number of halogens is 1. The molecule has 0 aliphatic carbocycles. The molecule has 0 radical (unpaired) electrons. The molecule has 0 atom stereocenters. The monoisotopic (exact) mass is 316 g/mol. The van der Waals surface area contributed by atoms with Crippen LogP contribution in [0.1, 0.15) is 6.92 Å². The quantitative estimate of drug-likeness (QED) is 0.404. The van der Waals surface area contributed by atoms with Gasteiger partial charge in [0.15, 0.2) is 0 Å². The minimum atomic E-state index is -0.391. The van der Waals surface area contributed by atoms with Crippen molar-refractivity contribution in [2.75, 3.05) is 11.9 Å². The molecule has 78 valence electrons. The first-order valence-corrected chi connectivity index (χ1v) is 5.30. The number of hydrogen-bond donors (Lipinski definition) is 1. The summed E-state index contributed by atoms with van der Waals surface area (Å²) in [4.78, 5) is 10.2. The minimum Gasteiger partial charge on any atom is -0.374 e. The van der Waals surface area contributed by atoms with Crippen LogP contribution in [0.25, 0.3) is 0 Å². The number of nitrogens with one attached hydrogen (secondary N) is 1. The van der Waals surface area contributed by atoms with E-state index in [2.05, 4.69) is 17.2 Å². The van der Waals surface area contributed by atoms with E-state index < -0.39 is 4.92 Å².